The molecule has 0 spiro atoms. The van der Waals surface area contributed by atoms with Gasteiger partial charge in [-0.1, -0.05) is 41.7 Å². The minimum Gasteiger partial charge on any atom is -0.417 e. The lowest BCUT2D eigenvalue weighted by molar-refractivity contribution is -0.133. The number of hydrogen-bond donors (Lipinski definition) is 0. The summed E-state index contributed by atoms with van der Waals surface area (Å²) in [5.74, 6) is -0.714. The van der Waals surface area contributed by atoms with Gasteiger partial charge in [0, 0.05) is 24.7 Å². The van der Waals surface area contributed by atoms with Crippen LogP contribution in [-0.2, 0) is 9.59 Å². The Hall–Kier alpha value is -2.91. The van der Waals surface area contributed by atoms with Gasteiger partial charge in [0.05, 0.1) is 0 Å². The van der Waals surface area contributed by atoms with Crippen LogP contribution < -0.4 is 0 Å². The summed E-state index contributed by atoms with van der Waals surface area (Å²) in [6.07, 6.45) is 1.37. The second-order valence-electron chi connectivity index (χ2n) is 5.99. The third-order valence-electron chi connectivity index (χ3n) is 4.33. The van der Waals surface area contributed by atoms with E-state index in [1.165, 1.54) is 27.2 Å². The summed E-state index contributed by atoms with van der Waals surface area (Å²) in [6, 6.07) is 9.73. The summed E-state index contributed by atoms with van der Waals surface area (Å²) >= 11 is 6.64. The Morgan fingerprint density at radius 2 is 1.71 bits per heavy atom. The van der Waals surface area contributed by atoms with Gasteiger partial charge < -0.3 is 4.42 Å². The number of hydrogen-bond acceptors (Lipinski definition) is 7. The molecule has 0 aliphatic carbocycles. The molecule has 0 radical (unpaired) electrons. The van der Waals surface area contributed by atoms with E-state index in [1.54, 1.807) is 0 Å². The molecule has 142 valence electrons. The summed E-state index contributed by atoms with van der Waals surface area (Å²) in [6.45, 7) is 4.37. The maximum absolute atomic E-state index is 12.7. The van der Waals surface area contributed by atoms with Crippen molar-refractivity contribution in [2.24, 2.45) is 0 Å². The van der Waals surface area contributed by atoms with E-state index in [9.17, 15) is 9.59 Å². The van der Waals surface area contributed by atoms with Crippen molar-refractivity contribution < 1.29 is 14.0 Å². The molecule has 0 saturated carbocycles. The standard InChI is InChI=1S/C19H16N4O3S2/c1-3-22-17(24)12(18(25)23(4-2)19(22)27)10-13-20-16-14(26-13)21-15(28-16)11-8-6-5-7-9-11/h5-10H,3-4H2,1-2H3. The molecule has 1 aromatic carbocycles. The fraction of sp³-hybridized carbons (Fsp3) is 0.211. The van der Waals surface area contributed by atoms with Gasteiger partial charge in [-0.2, -0.15) is 9.97 Å². The van der Waals surface area contributed by atoms with Crippen molar-refractivity contribution in [1.82, 2.24) is 19.8 Å². The monoisotopic (exact) mass is 412 g/mol. The first-order chi connectivity index (χ1) is 13.5. The zero-order chi connectivity index (χ0) is 19.8. The van der Waals surface area contributed by atoms with E-state index in [0.717, 1.165) is 10.6 Å². The highest BCUT2D eigenvalue weighted by molar-refractivity contribution is 7.80. The summed E-state index contributed by atoms with van der Waals surface area (Å²) in [4.78, 5) is 37.6. The van der Waals surface area contributed by atoms with Crippen LogP contribution in [0.25, 0.3) is 27.2 Å². The topological polar surface area (TPSA) is 79.5 Å². The van der Waals surface area contributed by atoms with Gasteiger partial charge in [0.15, 0.2) is 9.94 Å². The lowest BCUT2D eigenvalue weighted by Crippen LogP contribution is -2.55. The number of aromatic nitrogens is 2. The zero-order valence-electron chi connectivity index (χ0n) is 15.2. The molecule has 0 N–H and O–H groups in total. The van der Waals surface area contributed by atoms with Gasteiger partial charge in [0.2, 0.25) is 5.89 Å². The number of carbonyl (C=O) groups is 2. The van der Waals surface area contributed by atoms with Crippen LogP contribution in [0.15, 0.2) is 40.3 Å². The zero-order valence-corrected chi connectivity index (χ0v) is 16.8. The third-order valence-corrected chi connectivity index (χ3v) is 5.75. The van der Waals surface area contributed by atoms with Gasteiger partial charge in [-0.3, -0.25) is 19.4 Å². The molecule has 1 aliphatic rings. The van der Waals surface area contributed by atoms with Gasteiger partial charge in [-0.05, 0) is 26.1 Å². The Morgan fingerprint density at radius 3 is 2.29 bits per heavy atom. The summed E-state index contributed by atoms with van der Waals surface area (Å²) in [7, 11) is 0. The molecular formula is C19H16N4O3S2. The van der Waals surface area contributed by atoms with Crippen molar-refractivity contribution in [2.45, 2.75) is 13.8 Å². The maximum atomic E-state index is 12.7. The third kappa shape index (κ3) is 3.02. The maximum Gasteiger partial charge on any atom is 0.265 e. The van der Waals surface area contributed by atoms with Gasteiger partial charge in [0.1, 0.15) is 10.6 Å². The first-order valence-electron chi connectivity index (χ1n) is 8.75. The first-order valence-corrected chi connectivity index (χ1v) is 9.98. The number of likely N-dealkylation sites (N-methyl/N-ethyl adjacent to an activating group) is 2. The Labute approximate surface area is 170 Å². The molecular weight excluding hydrogens is 396 g/mol. The van der Waals surface area contributed by atoms with Crippen molar-refractivity contribution in [3.8, 4) is 10.6 Å². The molecule has 0 bridgehead atoms. The molecule has 28 heavy (non-hydrogen) atoms. The average Bonchev–Trinajstić information content (AvgIpc) is 3.25. The molecule has 1 fully saturated rings. The molecule has 3 aromatic rings. The smallest absolute Gasteiger partial charge is 0.265 e. The van der Waals surface area contributed by atoms with Crippen molar-refractivity contribution in [3.05, 3.63) is 41.8 Å². The molecule has 0 atom stereocenters. The summed E-state index contributed by atoms with van der Waals surface area (Å²) < 4.78 is 5.67. The fourth-order valence-corrected chi connectivity index (χ4v) is 4.23. The van der Waals surface area contributed by atoms with E-state index in [1.807, 2.05) is 44.2 Å². The Balaban J connectivity index is 1.70. The second-order valence-corrected chi connectivity index (χ2v) is 7.33. The number of carbonyl (C=O) groups excluding carboxylic acids is 2. The second kappa shape index (κ2) is 7.25. The van der Waals surface area contributed by atoms with E-state index < -0.39 is 11.8 Å². The number of amides is 2. The largest absolute Gasteiger partial charge is 0.417 e. The fourth-order valence-electron chi connectivity index (χ4n) is 2.93. The van der Waals surface area contributed by atoms with E-state index in [4.69, 9.17) is 16.6 Å². The Bertz CT molecular complexity index is 1060. The minimum absolute atomic E-state index is 0.0190. The first kappa shape index (κ1) is 18.5. The van der Waals surface area contributed by atoms with Crippen LogP contribution >= 0.6 is 23.6 Å². The number of rotatable bonds is 4. The predicted octanol–water partition coefficient (Wildman–Crippen LogP) is 3.33. The normalized spacial score (nSPS) is 15.1. The molecule has 4 rings (SSSR count). The molecule has 9 heteroatoms. The minimum atomic E-state index is -0.443. The van der Waals surface area contributed by atoms with Crippen LogP contribution in [-0.4, -0.2) is 49.8 Å². The highest BCUT2D eigenvalue weighted by Gasteiger charge is 2.38. The number of nitrogens with zero attached hydrogens (tertiary/aromatic N) is 4. The predicted molar refractivity (Wildman–Crippen MR) is 110 cm³/mol. The molecule has 0 unspecified atom stereocenters. The lowest BCUT2D eigenvalue weighted by Gasteiger charge is -2.35. The van der Waals surface area contributed by atoms with E-state index >= 15 is 0 Å². The van der Waals surface area contributed by atoms with E-state index in [-0.39, 0.29) is 16.6 Å². The molecule has 2 aromatic heterocycles. The molecule has 7 nitrogen and oxygen atoms in total. The molecule has 1 aliphatic heterocycles. The SMILES string of the molecule is CCN1C(=O)C(=Cc2nc3sc(-c4ccccc4)nc3o2)C(=O)N(CC)C1=S. The van der Waals surface area contributed by atoms with Gasteiger partial charge >= 0.3 is 0 Å². The Morgan fingerprint density at radius 1 is 1.07 bits per heavy atom. The Kier molecular flexibility index (Phi) is 4.78. The average molecular weight is 412 g/mol. The van der Waals surface area contributed by atoms with Crippen LogP contribution in [0.4, 0.5) is 0 Å². The van der Waals surface area contributed by atoms with Gasteiger partial charge in [-0.25, -0.2) is 0 Å². The molecule has 1 saturated heterocycles. The van der Waals surface area contributed by atoms with E-state index in [2.05, 4.69) is 9.97 Å². The molecule has 3 heterocycles. The van der Waals surface area contributed by atoms with Crippen molar-refractivity contribution in [3.63, 3.8) is 0 Å². The van der Waals surface area contributed by atoms with Crippen molar-refractivity contribution >= 4 is 57.1 Å². The number of thiazole rings is 1. The van der Waals surface area contributed by atoms with Crippen LogP contribution in [0.5, 0.6) is 0 Å². The highest BCUT2D eigenvalue weighted by atomic mass is 32.1. The van der Waals surface area contributed by atoms with Crippen LogP contribution in [0.1, 0.15) is 19.7 Å². The number of benzene rings is 1. The van der Waals surface area contributed by atoms with Crippen LogP contribution in [0, 0.1) is 0 Å². The summed E-state index contributed by atoms with van der Waals surface area (Å²) in [5.41, 5.74) is 1.33. The van der Waals surface area contributed by atoms with E-state index in [0.29, 0.717) is 23.6 Å². The summed E-state index contributed by atoms with van der Waals surface area (Å²) in [5, 5.41) is 1.02. The van der Waals surface area contributed by atoms with Crippen molar-refractivity contribution in [1.29, 1.82) is 0 Å². The highest BCUT2D eigenvalue weighted by Crippen LogP contribution is 2.31. The lowest BCUT2D eigenvalue weighted by atomic mass is 10.1. The molecule has 2 amide bonds. The van der Waals surface area contributed by atoms with Gasteiger partial charge in [-0.15, -0.1) is 0 Å². The van der Waals surface area contributed by atoms with Crippen molar-refractivity contribution in [2.75, 3.05) is 13.1 Å². The van der Waals surface area contributed by atoms with Crippen LogP contribution in [0.2, 0.25) is 0 Å². The number of fused-ring (bicyclic) bond motifs is 1. The number of thiocarbonyl (C=S) groups is 1. The van der Waals surface area contributed by atoms with Crippen LogP contribution in [0.3, 0.4) is 0 Å². The van der Waals surface area contributed by atoms with Gasteiger partial charge in [0.25, 0.3) is 17.5 Å². The number of oxazole rings is 1. The quantitative estimate of drug-likeness (QED) is 0.372.